The lowest BCUT2D eigenvalue weighted by molar-refractivity contribution is -0.164. The molecule has 1 aliphatic heterocycles. The first-order chi connectivity index (χ1) is 48.2. The fourth-order valence-corrected chi connectivity index (χ4v) is 7.11. The predicted molar refractivity (Wildman–Crippen MR) is 369 cm³/mol. The second-order valence-corrected chi connectivity index (χ2v) is 24.0. The van der Waals surface area contributed by atoms with E-state index in [1.807, 2.05) is 58.0 Å². The van der Waals surface area contributed by atoms with E-state index < -0.39 is 170 Å². The number of nitrogens with two attached hydrogens (primary N) is 12. The molecular formula is C64H105N15O25. The number of nitrogens with one attached hydrogen (secondary N) is 2. The van der Waals surface area contributed by atoms with Gasteiger partial charge in [-0.1, -0.05) is 90.4 Å². The highest BCUT2D eigenvalue weighted by atomic mass is 16.6. The lowest BCUT2D eigenvalue weighted by atomic mass is 10.0. The Morgan fingerprint density at radius 3 is 1.38 bits per heavy atom. The summed E-state index contributed by atoms with van der Waals surface area (Å²) in [6, 6.07) is 4.53. The number of hydrogen-bond donors (Lipinski definition) is 20. The minimum absolute atomic E-state index is 0.0641. The van der Waals surface area contributed by atoms with Crippen LogP contribution in [-0.2, 0) is 105 Å². The number of aromatic nitrogens is 2. The van der Waals surface area contributed by atoms with Crippen LogP contribution in [0, 0.1) is 17.8 Å². The maximum atomic E-state index is 12.2. The minimum Gasteiger partial charge on any atom is -0.481 e. The molecule has 32 N–H and O–H groups in total. The Kier molecular flexibility index (Phi) is 50.1. The van der Waals surface area contributed by atoms with Crippen LogP contribution in [0.25, 0.3) is 0 Å². The van der Waals surface area contributed by atoms with Crippen molar-refractivity contribution in [3.63, 3.8) is 0 Å². The molecule has 0 radical (unpaired) electrons. The lowest BCUT2D eigenvalue weighted by Crippen LogP contribution is -2.46. The number of carbonyl (C=O) groups is 14. The highest BCUT2D eigenvalue weighted by Crippen LogP contribution is 2.17. The molecule has 104 heavy (non-hydrogen) atoms. The van der Waals surface area contributed by atoms with Crippen molar-refractivity contribution in [3.8, 4) is 5.75 Å². The monoisotopic (exact) mass is 1480 g/mol. The molecule has 1 aliphatic rings. The number of carbonyl (C=O) groups excluding carboxylic acids is 8. The largest absolute Gasteiger partial charge is 0.481 e. The summed E-state index contributed by atoms with van der Waals surface area (Å²) < 4.78 is 24.2. The Balaban J connectivity index is -0.00000123. The van der Waals surface area contributed by atoms with Crippen LogP contribution in [0.1, 0.15) is 111 Å². The van der Waals surface area contributed by atoms with Crippen LogP contribution in [0.5, 0.6) is 5.75 Å². The number of carboxylic acid groups (broad SMARTS) is 6. The number of hydrogen-bond acceptors (Lipinski definition) is 32. The van der Waals surface area contributed by atoms with Gasteiger partial charge in [0.05, 0.1) is 19.2 Å². The third-order valence-electron chi connectivity index (χ3n) is 13.7. The number of benzene rings is 2. The van der Waals surface area contributed by atoms with E-state index in [1.54, 1.807) is 44.3 Å². The molecule has 0 spiro atoms. The summed E-state index contributed by atoms with van der Waals surface area (Å²) in [4.78, 5) is 159. The number of aliphatic carboxylic acids is 6. The Bertz CT molecular complexity index is 3140. The topological polar surface area (TPSA) is 759 Å². The first-order valence-electron chi connectivity index (χ1n) is 32.1. The van der Waals surface area contributed by atoms with E-state index in [9.17, 15) is 67.1 Å². The molecule has 2 aromatic carbocycles. The second-order valence-electron chi connectivity index (χ2n) is 24.0. The molecule has 1 fully saturated rings. The Morgan fingerprint density at radius 1 is 0.529 bits per heavy atom. The van der Waals surface area contributed by atoms with Crippen molar-refractivity contribution in [2.75, 3.05) is 13.2 Å². The molecule has 0 aliphatic carbocycles. The molecule has 14 atom stereocenters. The summed E-state index contributed by atoms with van der Waals surface area (Å²) >= 11 is 0. The normalized spacial score (nSPS) is 15.6. The van der Waals surface area contributed by atoms with Gasteiger partial charge >= 0.3 is 77.6 Å². The van der Waals surface area contributed by atoms with Gasteiger partial charge in [-0.2, -0.15) is 0 Å². The summed E-state index contributed by atoms with van der Waals surface area (Å²) in [6.07, 6.45) is 4.81. The van der Waals surface area contributed by atoms with Crippen LogP contribution in [0.2, 0.25) is 0 Å². The Hall–Kier alpha value is -9.85. The van der Waals surface area contributed by atoms with Crippen LogP contribution in [0.4, 0.5) is 0 Å². The molecule has 586 valence electrons. The highest BCUT2D eigenvalue weighted by molar-refractivity contribution is 5.93. The van der Waals surface area contributed by atoms with E-state index in [0.29, 0.717) is 12.2 Å². The SMILES string of the molecule is CC(C)C[C@H](N)C(=O)OC[C@H](N)C(=O)OC(=O)[C@@H](N)CC(N)=O.CC(C)[C@H](N)C(=O)O[C@H](C)[C@H](N)C(=O)O.CC[C@H](C)[C@H](N)C(=O)O.C[C@H](N)C(=O)O.N[C@@H](CC(=O)O)C(=O)O.N[C@@H](Cc1ccccc1)C(=O)OC(=O)[C@@H](N)Cc1ccc(OC(=O)[C@@H]2CCCN2)cc1.N[C@@H](Cc1cnc[nH]1)C(=O)O. The zero-order valence-electron chi connectivity index (χ0n) is 59.2. The zero-order chi connectivity index (χ0) is 80.8. The average molecular weight is 1480 g/mol. The number of primary amides is 1. The van der Waals surface area contributed by atoms with Crippen molar-refractivity contribution in [2.24, 2.45) is 86.6 Å². The quantitative estimate of drug-likeness (QED) is 0.0122. The van der Waals surface area contributed by atoms with Crippen LogP contribution < -0.4 is 78.9 Å². The number of aromatic amines is 1. The van der Waals surface area contributed by atoms with E-state index in [4.69, 9.17) is 118 Å². The van der Waals surface area contributed by atoms with Crippen LogP contribution in [-0.4, -0.2) is 216 Å². The highest BCUT2D eigenvalue weighted by Gasteiger charge is 2.30. The molecule has 4 rings (SSSR count). The van der Waals surface area contributed by atoms with Crippen LogP contribution in [0.3, 0.4) is 0 Å². The van der Waals surface area contributed by atoms with Gasteiger partial charge in [-0.25, -0.2) is 29.0 Å². The minimum atomic E-state index is -1.38. The number of carboxylic acids is 6. The van der Waals surface area contributed by atoms with Gasteiger partial charge in [0.1, 0.15) is 91.0 Å². The van der Waals surface area contributed by atoms with Crippen molar-refractivity contribution in [3.05, 3.63) is 83.9 Å². The second kappa shape index (κ2) is 53.0. The number of ether oxygens (including phenoxy) is 5. The van der Waals surface area contributed by atoms with Crippen LogP contribution in [0.15, 0.2) is 67.1 Å². The van der Waals surface area contributed by atoms with E-state index >= 15 is 0 Å². The number of H-pyrrole nitrogens is 1. The molecule has 1 amide bonds. The molecule has 0 saturated carbocycles. The third-order valence-corrected chi connectivity index (χ3v) is 13.7. The standard InChI is InChI=1S/C23H27N3O5.C13H24N4O6.C9H18N2O4.C6H9N3O2.C6H13NO2.C4H7NO4.C3H7NO2/c24-18(13-15-5-2-1-3-6-15)21(27)31-22(28)19(25)14-16-8-10-17(11-9-16)30-23(29)20-7-4-12-26-20;1-6(2)3-7(14)11(19)22-5-9(16)13(21)23-12(20)8(15)4-10(17)18;1-4(2)6(10)9(14)15-5(3)7(11)8(12)13;7-5(6(10)11)1-4-2-8-3-9-4;1-3-4(2)5(7)6(8)9;5-2(4(8)9)1-3(6)7;1-2(4)3(5)6/h1-3,5-6,8-11,18-20,26H,4,7,12-14,24-25H2;6-9H,3-5,14-16H2,1-2H3,(H2,17,18);4-7H,10-11H2,1-3H3,(H,12,13);2-3,5H,1,7H2,(H,8,9)(H,10,11);4-5H,3,7H2,1-2H3,(H,8,9);2H,1,5H2,(H,6,7)(H,8,9);2H,4H2,1H3,(H,5,6)/t18-,19-,20-;7-,8-,9-;5-,6+,7+;5-;4-,5-;2*2-/m0010000/s1. The predicted octanol–water partition coefficient (Wildman–Crippen LogP) is -4.23. The molecule has 40 heteroatoms. The van der Waals surface area contributed by atoms with E-state index in [2.05, 4.69) is 20.0 Å². The molecule has 0 bridgehead atoms. The van der Waals surface area contributed by atoms with Gasteiger partial charge in [-0.3, -0.25) is 43.2 Å². The number of imidazole rings is 1. The number of nitrogens with zero attached hydrogens (tertiary/aromatic N) is 1. The van der Waals surface area contributed by atoms with Gasteiger partial charge in [0.15, 0.2) is 0 Å². The number of amides is 1. The third kappa shape index (κ3) is 45.9. The van der Waals surface area contributed by atoms with Gasteiger partial charge in [-0.05, 0) is 93.5 Å². The molecular weight excluding hydrogens is 1380 g/mol. The van der Waals surface area contributed by atoms with Crippen molar-refractivity contribution >= 4 is 83.5 Å². The number of esters is 7. The molecule has 2 heterocycles. The molecule has 40 nitrogen and oxygen atoms in total. The first-order valence-corrected chi connectivity index (χ1v) is 32.1. The first kappa shape index (κ1) is 98.3. The summed E-state index contributed by atoms with van der Waals surface area (Å²) in [7, 11) is 0. The van der Waals surface area contributed by atoms with Gasteiger partial charge in [-0.15, -0.1) is 0 Å². The lowest BCUT2D eigenvalue weighted by Gasteiger charge is -2.20. The Morgan fingerprint density at radius 2 is 1.01 bits per heavy atom. The maximum absolute atomic E-state index is 12.2. The summed E-state index contributed by atoms with van der Waals surface area (Å²) in [5, 5.41) is 52.3. The number of rotatable bonds is 32. The van der Waals surface area contributed by atoms with Gasteiger partial charge in [0, 0.05) is 18.3 Å². The van der Waals surface area contributed by atoms with Gasteiger partial charge < -0.3 is 133 Å². The zero-order valence-corrected chi connectivity index (χ0v) is 59.2. The van der Waals surface area contributed by atoms with Crippen molar-refractivity contribution in [2.45, 2.75) is 192 Å². The van der Waals surface area contributed by atoms with Crippen LogP contribution >= 0.6 is 0 Å². The molecule has 1 saturated heterocycles. The molecule has 3 aromatic rings. The summed E-state index contributed by atoms with van der Waals surface area (Å²) in [5.41, 5.74) is 66.3. The smallest absolute Gasteiger partial charge is 0.334 e. The molecule has 1 aromatic heterocycles. The average Bonchev–Trinajstić information content (AvgIpc) is 1.25. The van der Waals surface area contributed by atoms with E-state index in [1.165, 1.54) is 20.2 Å². The fraction of sp³-hybridized carbons (Fsp3) is 0.547. The summed E-state index contributed by atoms with van der Waals surface area (Å²) in [6.45, 7) is 14.2. The van der Waals surface area contributed by atoms with Crippen molar-refractivity contribution in [1.29, 1.82) is 0 Å². The van der Waals surface area contributed by atoms with E-state index in [0.717, 1.165) is 42.6 Å². The van der Waals surface area contributed by atoms with Crippen molar-refractivity contribution in [1.82, 2.24) is 15.3 Å². The molecule has 0 unspecified atom stereocenters. The van der Waals surface area contributed by atoms with Gasteiger partial charge in [0.2, 0.25) is 5.91 Å². The Labute approximate surface area is 599 Å². The maximum Gasteiger partial charge on any atom is 0.334 e. The van der Waals surface area contributed by atoms with E-state index in [-0.39, 0.29) is 49.0 Å². The summed E-state index contributed by atoms with van der Waals surface area (Å²) in [5.74, 6) is -12.4. The fourth-order valence-electron chi connectivity index (χ4n) is 7.11. The van der Waals surface area contributed by atoms with Gasteiger partial charge in [0.25, 0.3) is 0 Å². The van der Waals surface area contributed by atoms with Crippen molar-refractivity contribution < 1.29 is 121 Å².